The molecular formula is C20H27FN4OS. The minimum atomic E-state index is -0.433. The summed E-state index contributed by atoms with van der Waals surface area (Å²) in [6.45, 7) is 2.85. The fourth-order valence-electron chi connectivity index (χ4n) is 3.62. The molecule has 2 aromatic rings. The molecule has 1 aliphatic carbocycles. The van der Waals surface area contributed by atoms with E-state index in [1.54, 1.807) is 18.2 Å². The molecule has 0 bridgehead atoms. The molecule has 1 aromatic heterocycles. The van der Waals surface area contributed by atoms with Gasteiger partial charge in [0, 0.05) is 13.0 Å². The molecule has 0 unspecified atom stereocenters. The molecule has 1 fully saturated rings. The first-order chi connectivity index (χ1) is 13.2. The van der Waals surface area contributed by atoms with E-state index >= 15 is 0 Å². The van der Waals surface area contributed by atoms with Gasteiger partial charge in [-0.2, -0.15) is 0 Å². The van der Waals surface area contributed by atoms with E-state index in [4.69, 9.17) is 0 Å². The molecule has 7 heteroatoms. The van der Waals surface area contributed by atoms with Crippen molar-refractivity contribution in [3.8, 4) is 0 Å². The van der Waals surface area contributed by atoms with E-state index in [-0.39, 0.29) is 17.3 Å². The number of anilines is 1. The van der Waals surface area contributed by atoms with Crippen LogP contribution in [0, 0.1) is 11.7 Å². The normalized spacial score (nSPS) is 15.0. The maximum absolute atomic E-state index is 13.6. The summed E-state index contributed by atoms with van der Waals surface area (Å²) in [6, 6.07) is 6.17. The highest BCUT2D eigenvalue weighted by molar-refractivity contribution is 7.99. The van der Waals surface area contributed by atoms with Crippen molar-refractivity contribution in [2.75, 3.05) is 11.1 Å². The second kappa shape index (κ2) is 9.88. The van der Waals surface area contributed by atoms with Crippen LogP contribution < -0.4 is 5.32 Å². The van der Waals surface area contributed by atoms with Gasteiger partial charge in [-0.25, -0.2) is 4.39 Å². The van der Waals surface area contributed by atoms with Crippen molar-refractivity contribution in [1.29, 1.82) is 0 Å². The molecule has 1 heterocycles. The molecule has 0 saturated heterocycles. The van der Waals surface area contributed by atoms with Crippen LogP contribution in [0.4, 0.5) is 10.1 Å². The Bertz CT molecular complexity index is 758. The Balaban J connectivity index is 1.53. The Labute approximate surface area is 164 Å². The summed E-state index contributed by atoms with van der Waals surface area (Å²) in [6.07, 6.45) is 8.84. The van der Waals surface area contributed by atoms with Crippen LogP contribution in [-0.2, 0) is 17.8 Å². The van der Waals surface area contributed by atoms with E-state index in [1.807, 2.05) is 0 Å². The highest BCUT2D eigenvalue weighted by atomic mass is 32.2. The maximum Gasteiger partial charge on any atom is 0.234 e. The van der Waals surface area contributed by atoms with Gasteiger partial charge in [0.25, 0.3) is 0 Å². The highest BCUT2D eigenvalue weighted by Gasteiger charge is 2.17. The number of aryl methyl sites for hydroxylation is 1. The van der Waals surface area contributed by atoms with Crippen LogP contribution in [0.2, 0.25) is 0 Å². The lowest BCUT2D eigenvalue weighted by Gasteiger charge is -2.21. The lowest BCUT2D eigenvalue weighted by molar-refractivity contribution is -0.113. The summed E-state index contributed by atoms with van der Waals surface area (Å²) in [5, 5.41) is 12.0. The van der Waals surface area contributed by atoms with E-state index < -0.39 is 5.82 Å². The standard InChI is InChI=1S/C20H27FN4OS/c1-2-25-18(13-12-15-8-4-3-5-9-15)23-24-20(25)27-14-19(26)22-17-11-7-6-10-16(17)21/h6-7,10-11,15H,2-5,8-9,12-14H2,1H3,(H,22,26). The number of thioether (sulfide) groups is 1. The molecule has 146 valence electrons. The number of para-hydroxylation sites is 1. The number of amides is 1. The average molecular weight is 391 g/mol. The Morgan fingerprint density at radius 3 is 2.78 bits per heavy atom. The number of carbonyl (C=O) groups is 1. The van der Waals surface area contributed by atoms with Crippen LogP contribution in [-0.4, -0.2) is 26.4 Å². The first-order valence-corrected chi connectivity index (χ1v) is 10.7. The number of hydrogen-bond acceptors (Lipinski definition) is 4. The predicted octanol–water partition coefficient (Wildman–Crippen LogP) is 4.68. The molecule has 1 amide bonds. The average Bonchev–Trinajstić information content (AvgIpc) is 3.09. The maximum atomic E-state index is 13.6. The number of halogens is 1. The van der Waals surface area contributed by atoms with Crippen molar-refractivity contribution < 1.29 is 9.18 Å². The van der Waals surface area contributed by atoms with Crippen LogP contribution >= 0.6 is 11.8 Å². The minimum absolute atomic E-state index is 0.176. The van der Waals surface area contributed by atoms with Gasteiger partial charge in [0.05, 0.1) is 11.4 Å². The molecule has 1 N–H and O–H groups in total. The first kappa shape index (κ1) is 19.9. The summed E-state index contributed by atoms with van der Waals surface area (Å²) in [7, 11) is 0. The molecule has 1 saturated carbocycles. The van der Waals surface area contributed by atoms with E-state index in [0.717, 1.165) is 36.3 Å². The molecule has 0 atom stereocenters. The van der Waals surface area contributed by atoms with Gasteiger partial charge < -0.3 is 9.88 Å². The Morgan fingerprint density at radius 1 is 1.26 bits per heavy atom. The molecule has 1 aromatic carbocycles. The summed E-state index contributed by atoms with van der Waals surface area (Å²) < 4.78 is 15.7. The second-order valence-corrected chi connectivity index (χ2v) is 7.94. The Morgan fingerprint density at radius 2 is 2.04 bits per heavy atom. The van der Waals surface area contributed by atoms with Crippen molar-refractivity contribution in [2.24, 2.45) is 5.92 Å². The summed E-state index contributed by atoms with van der Waals surface area (Å²) in [5.41, 5.74) is 0.202. The van der Waals surface area contributed by atoms with Crippen molar-refractivity contribution in [3.05, 3.63) is 35.9 Å². The van der Waals surface area contributed by atoms with Crippen molar-refractivity contribution >= 4 is 23.4 Å². The predicted molar refractivity (Wildman–Crippen MR) is 106 cm³/mol. The summed E-state index contributed by atoms with van der Waals surface area (Å²) >= 11 is 1.34. The molecule has 1 aliphatic rings. The molecule has 0 radical (unpaired) electrons. The van der Waals surface area contributed by atoms with Crippen molar-refractivity contribution in [3.63, 3.8) is 0 Å². The van der Waals surface area contributed by atoms with Gasteiger partial charge in [-0.15, -0.1) is 10.2 Å². The number of nitrogens with zero attached hydrogens (tertiary/aromatic N) is 3. The third kappa shape index (κ3) is 5.54. The van der Waals surface area contributed by atoms with Gasteiger partial charge in [-0.05, 0) is 31.4 Å². The second-order valence-electron chi connectivity index (χ2n) is 7.00. The quantitative estimate of drug-likeness (QED) is 0.665. The largest absolute Gasteiger partial charge is 0.323 e. The van der Waals surface area contributed by atoms with Crippen LogP contribution in [0.25, 0.3) is 0 Å². The van der Waals surface area contributed by atoms with Gasteiger partial charge >= 0.3 is 0 Å². The zero-order valence-corrected chi connectivity index (χ0v) is 16.6. The topological polar surface area (TPSA) is 59.8 Å². The summed E-state index contributed by atoms with van der Waals surface area (Å²) in [4.78, 5) is 12.1. The monoisotopic (exact) mass is 390 g/mol. The molecule has 0 aliphatic heterocycles. The van der Waals surface area contributed by atoms with Crippen LogP contribution in [0.15, 0.2) is 29.4 Å². The molecule has 0 spiro atoms. The van der Waals surface area contributed by atoms with Gasteiger partial charge in [0.15, 0.2) is 5.16 Å². The molecule has 5 nitrogen and oxygen atoms in total. The zero-order chi connectivity index (χ0) is 19.1. The fourth-order valence-corrected chi connectivity index (χ4v) is 4.44. The lowest BCUT2D eigenvalue weighted by atomic mass is 9.86. The van der Waals surface area contributed by atoms with Crippen LogP contribution in [0.1, 0.15) is 51.3 Å². The van der Waals surface area contributed by atoms with E-state index in [1.165, 1.54) is 49.9 Å². The summed E-state index contributed by atoms with van der Waals surface area (Å²) in [5.74, 6) is 1.30. The molecular weight excluding hydrogens is 363 g/mol. The van der Waals surface area contributed by atoms with E-state index in [9.17, 15) is 9.18 Å². The van der Waals surface area contributed by atoms with Crippen LogP contribution in [0.3, 0.4) is 0 Å². The number of aromatic nitrogens is 3. The van der Waals surface area contributed by atoms with Gasteiger partial charge in [-0.1, -0.05) is 56.0 Å². The first-order valence-electron chi connectivity index (χ1n) is 9.76. The lowest BCUT2D eigenvalue weighted by Crippen LogP contribution is -2.15. The van der Waals surface area contributed by atoms with Crippen molar-refractivity contribution in [2.45, 2.75) is 63.6 Å². The van der Waals surface area contributed by atoms with Gasteiger partial charge in [0.2, 0.25) is 5.91 Å². The number of hydrogen-bond donors (Lipinski definition) is 1. The van der Waals surface area contributed by atoms with Gasteiger partial charge in [-0.3, -0.25) is 4.79 Å². The Hall–Kier alpha value is -1.89. The zero-order valence-electron chi connectivity index (χ0n) is 15.8. The smallest absolute Gasteiger partial charge is 0.234 e. The minimum Gasteiger partial charge on any atom is -0.323 e. The Kier molecular flexibility index (Phi) is 7.26. The molecule has 3 rings (SSSR count). The van der Waals surface area contributed by atoms with E-state index in [0.29, 0.717) is 0 Å². The van der Waals surface area contributed by atoms with E-state index in [2.05, 4.69) is 27.0 Å². The third-order valence-corrected chi connectivity index (χ3v) is 6.06. The number of nitrogens with one attached hydrogen (secondary N) is 1. The number of benzene rings is 1. The third-order valence-electron chi connectivity index (χ3n) is 5.09. The van der Waals surface area contributed by atoms with Crippen molar-refractivity contribution in [1.82, 2.24) is 14.8 Å². The SMILES string of the molecule is CCn1c(CCC2CCCCC2)nnc1SCC(=O)Nc1ccccc1F. The number of rotatable bonds is 8. The molecule has 27 heavy (non-hydrogen) atoms. The highest BCUT2D eigenvalue weighted by Crippen LogP contribution is 2.28. The fraction of sp³-hybridized carbons (Fsp3) is 0.550. The van der Waals surface area contributed by atoms with Gasteiger partial charge in [0.1, 0.15) is 11.6 Å². The number of carbonyl (C=O) groups excluding carboxylic acids is 1. The van der Waals surface area contributed by atoms with Crippen LogP contribution in [0.5, 0.6) is 0 Å².